The largest absolute Gasteiger partial charge is 0.497 e. The molecule has 0 saturated carbocycles. The van der Waals surface area contributed by atoms with Gasteiger partial charge in [0.1, 0.15) is 5.75 Å². The Hall–Kier alpha value is -1.52. The van der Waals surface area contributed by atoms with Crippen LogP contribution in [-0.4, -0.2) is 43.3 Å². The molecule has 4 nitrogen and oxygen atoms in total. The van der Waals surface area contributed by atoms with Gasteiger partial charge >= 0.3 is 0 Å². The number of nitrogens with one attached hydrogen (secondary N) is 1. The van der Waals surface area contributed by atoms with Crippen LogP contribution in [0, 0.1) is 0 Å². The molecule has 1 unspecified atom stereocenters. The highest BCUT2D eigenvalue weighted by atomic mass is 16.5. The van der Waals surface area contributed by atoms with Gasteiger partial charge in [-0.3, -0.25) is 4.90 Å². The maximum absolute atomic E-state index is 5.31. The lowest BCUT2D eigenvalue weighted by Crippen LogP contribution is -2.44. The predicted octanol–water partition coefficient (Wildman–Crippen LogP) is 1.76. The minimum absolute atomic E-state index is 0.442. The molecule has 0 bridgehead atoms. The molecule has 0 spiro atoms. The van der Waals surface area contributed by atoms with Gasteiger partial charge in [0.2, 0.25) is 0 Å². The highest BCUT2D eigenvalue weighted by Gasteiger charge is 2.23. The molecule has 1 saturated heterocycles. The molecule has 2 heterocycles. The van der Waals surface area contributed by atoms with Gasteiger partial charge in [-0.2, -0.15) is 0 Å². The van der Waals surface area contributed by atoms with E-state index in [2.05, 4.69) is 47.1 Å². The molecular weight excluding hydrogens is 238 g/mol. The summed E-state index contributed by atoms with van der Waals surface area (Å²) in [6, 6.07) is 8.99. The Morgan fingerprint density at radius 2 is 2.11 bits per heavy atom. The number of likely N-dealkylation sites (N-methyl/N-ethyl adjacent to an activating group) is 1. The molecule has 1 aromatic heterocycles. The van der Waals surface area contributed by atoms with Crippen LogP contribution >= 0.6 is 0 Å². The monoisotopic (exact) mass is 259 g/mol. The fourth-order valence-electron chi connectivity index (χ4n) is 2.93. The van der Waals surface area contributed by atoms with E-state index in [1.807, 2.05) is 6.07 Å². The van der Waals surface area contributed by atoms with Crippen LogP contribution in [0.4, 0.5) is 0 Å². The Morgan fingerprint density at radius 1 is 1.26 bits per heavy atom. The van der Waals surface area contributed by atoms with Crippen LogP contribution in [0.2, 0.25) is 0 Å². The minimum atomic E-state index is 0.442. The average molecular weight is 259 g/mol. The van der Waals surface area contributed by atoms with Gasteiger partial charge in [0, 0.05) is 43.3 Å². The van der Waals surface area contributed by atoms with E-state index in [1.54, 1.807) is 7.11 Å². The molecule has 0 aliphatic carbocycles. The van der Waals surface area contributed by atoms with Gasteiger partial charge in [-0.1, -0.05) is 0 Å². The molecule has 1 aliphatic heterocycles. The van der Waals surface area contributed by atoms with E-state index >= 15 is 0 Å². The topological polar surface area (TPSA) is 29.4 Å². The van der Waals surface area contributed by atoms with Gasteiger partial charge < -0.3 is 14.6 Å². The zero-order valence-electron chi connectivity index (χ0n) is 11.8. The van der Waals surface area contributed by atoms with E-state index in [9.17, 15) is 0 Å². The summed E-state index contributed by atoms with van der Waals surface area (Å²) in [5.74, 6) is 0.916. The number of rotatable bonds is 2. The van der Waals surface area contributed by atoms with Crippen molar-refractivity contribution in [1.29, 1.82) is 0 Å². The van der Waals surface area contributed by atoms with Gasteiger partial charge in [-0.15, -0.1) is 0 Å². The Kier molecular flexibility index (Phi) is 3.21. The standard InChI is InChI=1S/C15H21N3O/c1-17-7-6-16-10-15(17)14-9-11-8-12(19-3)4-5-13(11)18(14)2/h4-5,8-9,15-16H,6-7,10H2,1-3H3. The summed E-state index contributed by atoms with van der Waals surface area (Å²) in [6.45, 7) is 3.18. The van der Waals surface area contributed by atoms with Gasteiger partial charge in [-0.25, -0.2) is 0 Å². The smallest absolute Gasteiger partial charge is 0.119 e. The third-order valence-corrected chi connectivity index (χ3v) is 4.14. The summed E-state index contributed by atoms with van der Waals surface area (Å²) < 4.78 is 7.60. The number of nitrogens with zero attached hydrogens (tertiary/aromatic N) is 2. The lowest BCUT2D eigenvalue weighted by Gasteiger charge is -2.33. The normalized spacial score (nSPS) is 20.9. The lowest BCUT2D eigenvalue weighted by molar-refractivity contribution is 0.196. The first-order valence-corrected chi connectivity index (χ1v) is 6.75. The molecular formula is C15H21N3O. The number of hydrogen-bond donors (Lipinski definition) is 1. The zero-order chi connectivity index (χ0) is 13.4. The van der Waals surface area contributed by atoms with Crippen LogP contribution in [0.25, 0.3) is 10.9 Å². The molecule has 1 fully saturated rings. The summed E-state index contributed by atoms with van der Waals surface area (Å²) in [5, 5.41) is 4.72. The average Bonchev–Trinajstić information content (AvgIpc) is 2.76. The van der Waals surface area contributed by atoms with Crippen molar-refractivity contribution in [1.82, 2.24) is 14.8 Å². The molecule has 0 radical (unpaired) electrons. The van der Waals surface area contributed by atoms with Crippen molar-refractivity contribution in [3.63, 3.8) is 0 Å². The molecule has 1 N–H and O–H groups in total. The highest BCUT2D eigenvalue weighted by Crippen LogP contribution is 2.29. The van der Waals surface area contributed by atoms with Crippen LogP contribution in [0.15, 0.2) is 24.3 Å². The third kappa shape index (κ3) is 2.11. The Morgan fingerprint density at radius 3 is 2.84 bits per heavy atom. The summed E-state index contributed by atoms with van der Waals surface area (Å²) in [7, 11) is 6.06. The molecule has 0 amide bonds. The van der Waals surface area contributed by atoms with Crippen LogP contribution in [0.1, 0.15) is 11.7 Å². The maximum Gasteiger partial charge on any atom is 0.119 e. The minimum Gasteiger partial charge on any atom is -0.497 e. The van der Waals surface area contributed by atoms with Crippen LogP contribution in [-0.2, 0) is 7.05 Å². The van der Waals surface area contributed by atoms with E-state index in [0.29, 0.717) is 6.04 Å². The SMILES string of the molecule is COc1ccc2c(c1)cc(C1CNCCN1C)n2C. The summed E-state index contributed by atoms with van der Waals surface area (Å²) in [6.07, 6.45) is 0. The number of ether oxygens (including phenoxy) is 1. The zero-order valence-corrected chi connectivity index (χ0v) is 11.8. The number of aryl methyl sites for hydroxylation is 1. The molecule has 2 aromatic rings. The van der Waals surface area contributed by atoms with Crippen molar-refractivity contribution in [2.75, 3.05) is 33.8 Å². The number of hydrogen-bond acceptors (Lipinski definition) is 3. The lowest BCUT2D eigenvalue weighted by atomic mass is 10.1. The van der Waals surface area contributed by atoms with E-state index in [-0.39, 0.29) is 0 Å². The van der Waals surface area contributed by atoms with Crippen molar-refractivity contribution in [2.45, 2.75) is 6.04 Å². The second kappa shape index (κ2) is 4.87. The number of aromatic nitrogens is 1. The second-order valence-corrected chi connectivity index (χ2v) is 5.25. The number of fused-ring (bicyclic) bond motifs is 1. The van der Waals surface area contributed by atoms with E-state index in [4.69, 9.17) is 4.74 Å². The first kappa shape index (κ1) is 12.5. The van der Waals surface area contributed by atoms with Crippen molar-refractivity contribution in [3.05, 3.63) is 30.0 Å². The predicted molar refractivity (Wildman–Crippen MR) is 77.7 cm³/mol. The quantitative estimate of drug-likeness (QED) is 0.891. The molecule has 1 aliphatic rings. The van der Waals surface area contributed by atoms with Gasteiger partial charge in [0.25, 0.3) is 0 Å². The van der Waals surface area contributed by atoms with Gasteiger partial charge in [-0.05, 0) is 31.3 Å². The first-order valence-electron chi connectivity index (χ1n) is 6.75. The molecule has 102 valence electrons. The van der Waals surface area contributed by atoms with E-state index < -0.39 is 0 Å². The highest BCUT2D eigenvalue weighted by molar-refractivity contribution is 5.83. The van der Waals surface area contributed by atoms with E-state index in [0.717, 1.165) is 25.4 Å². The Bertz CT molecular complexity index is 590. The molecule has 3 rings (SSSR count). The summed E-state index contributed by atoms with van der Waals surface area (Å²) in [5.41, 5.74) is 2.62. The summed E-state index contributed by atoms with van der Waals surface area (Å²) >= 11 is 0. The Labute approximate surface area is 114 Å². The van der Waals surface area contributed by atoms with Crippen molar-refractivity contribution < 1.29 is 4.74 Å². The molecule has 4 heteroatoms. The third-order valence-electron chi connectivity index (χ3n) is 4.14. The fourth-order valence-corrected chi connectivity index (χ4v) is 2.93. The van der Waals surface area contributed by atoms with E-state index in [1.165, 1.54) is 16.6 Å². The molecule has 19 heavy (non-hydrogen) atoms. The van der Waals surface area contributed by atoms with Crippen LogP contribution in [0.3, 0.4) is 0 Å². The summed E-state index contributed by atoms with van der Waals surface area (Å²) in [4.78, 5) is 2.42. The fraction of sp³-hybridized carbons (Fsp3) is 0.467. The number of methoxy groups -OCH3 is 1. The molecule has 1 atom stereocenters. The van der Waals surface area contributed by atoms with Crippen molar-refractivity contribution >= 4 is 10.9 Å². The van der Waals surface area contributed by atoms with Gasteiger partial charge in [0.15, 0.2) is 0 Å². The number of piperazine rings is 1. The van der Waals surface area contributed by atoms with Crippen molar-refractivity contribution in [2.24, 2.45) is 7.05 Å². The second-order valence-electron chi connectivity index (χ2n) is 5.25. The molecule has 1 aromatic carbocycles. The van der Waals surface area contributed by atoms with Gasteiger partial charge in [0.05, 0.1) is 13.2 Å². The maximum atomic E-state index is 5.31. The Balaban J connectivity index is 2.06. The van der Waals surface area contributed by atoms with Crippen LogP contribution < -0.4 is 10.1 Å². The van der Waals surface area contributed by atoms with Crippen molar-refractivity contribution in [3.8, 4) is 5.75 Å². The first-order chi connectivity index (χ1) is 9.20. The number of benzene rings is 1. The van der Waals surface area contributed by atoms with Crippen LogP contribution in [0.5, 0.6) is 5.75 Å².